The molecular weight excluding hydrogens is 464 g/mol. The van der Waals surface area contributed by atoms with Crippen LogP contribution in [0.3, 0.4) is 0 Å². The number of carbonyl (C=O) groups excluding carboxylic acids is 2. The van der Waals surface area contributed by atoms with Crippen molar-refractivity contribution in [2.45, 2.75) is 25.8 Å². The molecule has 11 heteroatoms. The van der Waals surface area contributed by atoms with Crippen molar-refractivity contribution in [3.63, 3.8) is 0 Å². The van der Waals surface area contributed by atoms with E-state index in [1.807, 2.05) is 0 Å². The van der Waals surface area contributed by atoms with Crippen LogP contribution in [0.5, 0.6) is 5.75 Å². The van der Waals surface area contributed by atoms with Gasteiger partial charge >= 0.3 is 0 Å². The Hall–Kier alpha value is -3.47. The summed E-state index contributed by atoms with van der Waals surface area (Å²) in [5, 5.41) is 10.00. The summed E-state index contributed by atoms with van der Waals surface area (Å²) >= 11 is 1.13. The van der Waals surface area contributed by atoms with E-state index in [0.717, 1.165) is 30.6 Å². The molecule has 1 aromatic carbocycles. The number of rotatable bonds is 9. The number of hydrogen-bond donors (Lipinski definition) is 3. The van der Waals surface area contributed by atoms with E-state index in [2.05, 4.69) is 20.9 Å². The second kappa shape index (κ2) is 10.2. The summed E-state index contributed by atoms with van der Waals surface area (Å²) in [6.07, 6.45) is 4.78. The van der Waals surface area contributed by atoms with Crippen LogP contribution in [0.1, 0.15) is 29.8 Å². The summed E-state index contributed by atoms with van der Waals surface area (Å²) in [5.74, 6) is -2.33. The molecule has 0 radical (unpaired) electrons. The zero-order chi connectivity index (χ0) is 24.2. The molecule has 0 bridgehead atoms. The van der Waals surface area contributed by atoms with Crippen LogP contribution in [0.4, 0.5) is 19.6 Å². The number of benzene rings is 1. The lowest BCUT2D eigenvalue weighted by Gasteiger charge is -2.25. The van der Waals surface area contributed by atoms with Gasteiger partial charge in [-0.1, -0.05) is 6.42 Å². The van der Waals surface area contributed by atoms with Crippen LogP contribution in [-0.2, 0) is 11.3 Å². The number of hydrogen-bond acceptors (Lipinski definition) is 6. The summed E-state index contributed by atoms with van der Waals surface area (Å²) < 4.78 is 35.9. The maximum Gasteiger partial charge on any atom is 0.269 e. The molecule has 2 aromatic heterocycles. The summed E-state index contributed by atoms with van der Waals surface area (Å²) in [6.45, 7) is 0.189. The van der Waals surface area contributed by atoms with Crippen molar-refractivity contribution < 1.29 is 23.1 Å². The third-order valence-corrected chi connectivity index (χ3v) is 6.48. The standard InChI is InChI=1S/C23H25F2N5O3S/c1-26-17-6-7-30(20(17)22(32)27-2)10-19(31)29-23-28-18(12-34-23)14-8-15(24)21(16(25)9-14)33-11-13-4-3-5-13/h6-9,12-13,26H,3-5,10-11H2,1-2H3,(H,27,32)(H,28,29,31). The van der Waals surface area contributed by atoms with E-state index < -0.39 is 17.5 Å². The topological polar surface area (TPSA) is 97.3 Å². The molecule has 180 valence electrons. The van der Waals surface area contributed by atoms with Crippen molar-refractivity contribution in [2.75, 3.05) is 31.3 Å². The lowest BCUT2D eigenvalue weighted by molar-refractivity contribution is -0.116. The summed E-state index contributed by atoms with van der Waals surface area (Å²) in [7, 11) is 3.19. The van der Waals surface area contributed by atoms with Gasteiger partial charge in [0.05, 0.1) is 18.0 Å². The van der Waals surface area contributed by atoms with Crippen molar-refractivity contribution >= 4 is 34.0 Å². The van der Waals surface area contributed by atoms with Crippen LogP contribution in [0, 0.1) is 17.6 Å². The number of amides is 2. The Morgan fingerprint density at radius 1 is 1.24 bits per heavy atom. The first kappa shape index (κ1) is 23.7. The van der Waals surface area contributed by atoms with Gasteiger partial charge in [-0.3, -0.25) is 9.59 Å². The SMILES string of the molecule is CNC(=O)c1c(NC)ccn1CC(=O)Nc1nc(-c2cc(F)c(OCC3CCC3)c(F)c2)cs1. The number of aromatic nitrogens is 2. The van der Waals surface area contributed by atoms with Gasteiger partial charge in [-0.15, -0.1) is 11.3 Å². The molecule has 3 aromatic rings. The largest absolute Gasteiger partial charge is 0.487 e. The highest BCUT2D eigenvalue weighted by molar-refractivity contribution is 7.14. The number of nitrogens with one attached hydrogen (secondary N) is 3. The first-order valence-electron chi connectivity index (χ1n) is 10.9. The third kappa shape index (κ3) is 5.04. The van der Waals surface area contributed by atoms with Gasteiger partial charge in [-0.2, -0.15) is 0 Å². The van der Waals surface area contributed by atoms with Crippen molar-refractivity contribution in [3.05, 3.63) is 47.1 Å². The molecule has 1 fully saturated rings. The van der Waals surface area contributed by atoms with Crippen molar-refractivity contribution in [1.29, 1.82) is 0 Å². The fourth-order valence-electron chi connectivity index (χ4n) is 3.66. The lowest BCUT2D eigenvalue weighted by atomic mass is 9.86. The highest BCUT2D eigenvalue weighted by Gasteiger charge is 2.22. The van der Waals surface area contributed by atoms with Gasteiger partial charge in [0.15, 0.2) is 22.5 Å². The van der Waals surface area contributed by atoms with E-state index in [1.54, 1.807) is 24.7 Å². The molecular formula is C23H25F2N5O3S. The quantitative estimate of drug-likeness (QED) is 0.420. The molecule has 1 aliphatic carbocycles. The van der Waals surface area contributed by atoms with Gasteiger partial charge in [0.25, 0.3) is 5.91 Å². The van der Waals surface area contributed by atoms with Crippen molar-refractivity contribution in [1.82, 2.24) is 14.9 Å². The molecule has 1 saturated carbocycles. The Morgan fingerprint density at radius 3 is 2.59 bits per heavy atom. The molecule has 2 heterocycles. The summed E-state index contributed by atoms with van der Waals surface area (Å²) in [4.78, 5) is 29.0. The van der Waals surface area contributed by atoms with E-state index in [9.17, 15) is 18.4 Å². The molecule has 1 aliphatic rings. The molecule has 4 rings (SSSR count). The number of thiazole rings is 1. The Balaban J connectivity index is 1.43. The van der Waals surface area contributed by atoms with E-state index >= 15 is 0 Å². The van der Waals surface area contributed by atoms with Gasteiger partial charge in [0.1, 0.15) is 12.2 Å². The summed E-state index contributed by atoms with van der Waals surface area (Å²) in [5.41, 5.74) is 1.49. The Labute approximate surface area is 199 Å². The number of nitrogens with zero attached hydrogens (tertiary/aromatic N) is 2. The highest BCUT2D eigenvalue weighted by atomic mass is 32.1. The minimum Gasteiger partial charge on any atom is -0.487 e. The average Bonchev–Trinajstić information content (AvgIpc) is 3.40. The molecule has 0 unspecified atom stereocenters. The van der Waals surface area contributed by atoms with Crippen LogP contribution in [0.15, 0.2) is 29.8 Å². The smallest absolute Gasteiger partial charge is 0.269 e. The minimum atomic E-state index is -0.789. The maximum atomic E-state index is 14.5. The van der Waals surface area contributed by atoms with Crippen LogP contribution in [-0.4, -0.2) is 42.1 Å². The Bertz CT molecular complexity index is 1180. The lowest BCUT2D eigenvalue weighted by Crippen LogP contribution is -2.26. The predicted molar refractivity (Wildman–Crippen MR) is 126 cm³/mol. The maximum absolute atomic E-state index is 14.5. The molecule has 8 nitrogen and oxygen atoms in total. The van der Waals surface area contributed by atoms with Gasteiger partial charge in [0, 0.05) is 31.2 Å². The third-order valence-electron chi connectivity index (χ3n) is 5.72. The second-order valence-electron chi connectivity index (χ2n) is 8.00. The van der Waals surface area contributed by atoms with Crippen LogP contribution in [0.2, 0.25) is 0 Å². The normalized spacial score (nSPS) is 13.3. The Morgan fingerprint density at radius 2 is 1.97 bits per heavy atom. The van der Waals surface area contributed by atoms with E-state index in [1.165, 1.54) is 23.7 Å². The van der Waals surface area contributed by atoms with Crippen molar-refractivity contribution in [2.24, 2.45) is 5.92 Å². The molecule has 0 saturated heterocycles. The molecule has 0 spiro atoms. The van der Waals surface area contributed by atoms with Gasteiger partial charge in [-0.25, -0.2) is 13.8 Å². The van der Waals surface area contributed by atoms with Crippen LogP contribution < -0.4 is 20.7 Å². The van der Waals surface area contributed by atoms with Gasteiger partial charge in [0.2, 0.25) is 5.91 Å². The predicted octanol–water partition coefficient (Wildman–Crippen LogP) is 4.11. The average molecular weight is 490 g/mol. The molecule has 0 atom stereocenters. The summed E-state index contributed by atoms with van der Waals surface area (Å²) in [6, 6.07) is 4.05. The van der Waals surface area contributed by atoms with Gasteiger partial charge in [-0.05, 0) is 37.0 Å². The van der Waals surface area contributed by atoms with E-state index in [-0.39, 0.29) is 28.9 Å². The van der Waals surface area contributed by atoms with Crippen LogP contribution in [0.25, 0.3) is 11.3 Å². The first-order chi connectivity index (χ1) is 16.4. The molecule has 34 heavy (non-hydrogen) atoms. The van der Waals surface area contributed by atoms with Crippen LogP contribution >= 0.6 is 11.3 Å². The molecule has 3 N–H and O–H groups in total. The highest BCUT2D eigenvalue weighted by Crippen LogP contribution is 2.33. The zero-order valence-electron chi connectivity index (χ0n) is 18.8. The van der Waals surface area contributed by atoms with Crippen molar-refractivity contribution in [3.8, 4) is 17.0 Å². The number of ether oxygens (including phenoxy) is 1. The monoisotopic (exact) mass is 489 g/mol. The van der Waals surface area contributed by atoms with E-state index in [4.69, 9.17) is 4.74 Å². The number of halogens is 2. The van der Waals surface area contributed by atoms with Gasteiger partial charge < -0.3 is 25.3 Å². The Kier molecular flexibility index (Phi) is 7.11. The molecule has 0 aliphatic heterocycles. The zero-order valence-corrected chi connectivity index (χ0v) is 19.6. The first-order valence-corrected chi connectivity index (χ1v) is 11.7. The molecule has 2 amide bonds. The van der Waals surface area contributed by atoms with E-state index in [0.29, 0.717) is 29.6 Å². The second-order valence-corrected chi connectivity index (χ2v) is 8.86. The number of anilines is 2. The fourth-order valence-corrected chi connectivity index (χ4v) is 4.40. The number of carbonyl (C=O) groups is 2. The minimum absolute atomic E-state index is 0.115. The fraction of sp³-hybridized carbons (Fsp3) is 0.348.